The Morgan fingerprint density at radius 3 is 2.36 bits per heavy atom. The first-order valence-corrected chi connectivity index (χ1v) is 9.82. The Balaban J connectivity index is 1.89. The van der Waals surface area contributed by atoms with Crippen LogP contribution in [0.25, 0.3) is 0 Å². The van der Waals surface area contributed by atoms with Gasteiger partial charge in [0.2, 0.25) is 10.0 Å². The molecule has 0 aromatic heterocycles. The van der Waals surface area contributed by atoms with Crippen LogP contribution in [-0.4, -0.2) is 43.2 Å². The molecule has 1 heterocycles. The molecule has 0 saturated carbocycles. The van der Waals surface area contributed by atoms with Gasteiger partial charge in [0, 0.05) is 24.8 Å². The second kappa shape index (κ2) is 7.29. The lowest BCUT2D eigenvalue weighted by Gasteiger charge is -2.33. The average Bonchev–Trinajstić information content (AvgIpc) is 2.50. The number of urea groups is 1. The van der Waals surface area contributed by atoms with E-state index < -0.39 is 14.8 Å². The quantitative estimate of drug-likeness (QED) is 0.858. The number of likely N-dealkylation sites (tertiary alicyclic amines) is 1. The van der Waals surface area contributed by atoms with Crippen LogP contribution < -0.4 is 10.0 Å². The molecule has 140 valence electrons. The lowest BCUT2D eigenvalue weighted by atomic mass is 10.1. The molecule has 0 spiro atoms. The van der Waals surface area contributed by atoms with Gasteiger partial charge in [0.15, 0.2) is 0 Å². The highest BCUT2D eigenvalue weighted by molar-refractivity contribution is 7.90. The topological polar surface area (TPSA) is 78.5 Å². The molecule has 25 heavy (non-hydrogen) atoms. The Bertz CT molecular complexity index is 736. The van der Waals surface area contributed by atoms with Gasteiger partial charge in [-0.3, -0.25) is 0 Å². The molecule has 2 amide bonds. The van der Waals surface area contributed by atoms with Gasteiger partial charge in [-0.05, 0) is 64.3 Å². The van der Waals surface area contributed by atoms with Crippen LogP contribution in [-0.2, 0) is 10.0 Å². The SMILES string of the molecule is Cc1cc(NC(=O)N2CCC(NS(=O)(=O)C(C)(C)C)CC2)ccc1F. The van der Waals surface area contributed by atoms with Crippen molar-refractivity contribution < 1.29 is 17.6 Å². The number of piperidine rings is 1. The van der Waals surface area contributed by atoms with Crippen LogP contribution >= 0.6 is 0 Å². The molecule has 1 fully saturated rings. The highest BCUT2D eigenvalue weighted by Crippen LogP contribution is 2.19. The molecular weight excluding hydrogens is 345 g/mol. The molecule has 0 atom stereocenters. The molecule has 6 nitrogen and oxygen atoms in total. The van der Waals surface area contributed by atoms with E-state index in [2.05, 4.69) is 10.0 Å². The maximum absolute atomic E-state index is 13.3. The molecule has 1 aliphatic heterocycles. The summed E-state index contributed by atoms with van der Waals surface area (Å²) < 4.78 is 39.5. The van der Waals surface area contributed by atoms with E-state index in [0.29, 0.717) is 37.2 Å². The fraction of sp³-hybridized carbons (Fsp3) is 0.588. The molecule has 0 aliphatic carbocycles. The van der Waals surface area contributed by atoms with E-state index in [1.54, 1.807) is 38.7 Å². The summed E-state index contributed by atoms with van der Waals surface area (Å²) in [5.41, 5.74) is 1.01. The van der Waals surface area contributed by atoms with Gasteiger partial charge in [-0.1, -0.05) is 0 Å². The van der Waals surface area contributed by atoms with Gasteiger partial charge in [0.1, 0.15) is 5.82 Å². The molecule has 0 bridgehead atoms. The number of nitrogens with zero attached hydrogens (tertiary/aromatic N) is 1. The van der Waals surface area contributed by atoms with Crippen LogP contribution in [0.1, 0.15) is 39.2 Å². The Hall–Kier alpha value is -1.67. The van der Waals surface area contributed by atoms with Crippen molar-refractivity contribution in [2.24, 2.45) is 0 Å². The predicted octanol–water partition coefficient (Wildman–Crippen LogP) is 2.85. The van der Waals surface area contributed by atoms with E-state index in [1.165, 1.54) is 12.1 Å². The van der Waals surface area contributed by atoms with E-state index in [4.69, 9.17) is 0 Å². The van der Waals surface area contributed by atoms with Crippen LogP contribution in [0.2, 0.25) is 0 Å². The molecule has 0 radical (unpaired) electrons. The van der Waals surface area contributed by atoms with Crippen molar-refractivity contribution in [1.29, 1.82) is 0 Å². The van der Waals surface area contributed by atoms with Crippen molar-refractivity contribution in [3.8, 4) is 0 Å². The van der Waals surface area contributed by atoms with Crippen LogP contribution in [0.5, 0.6) is 0 Å². The minimum atomic E-state index is -3.40. The molecule has 1 aromatic rings. The summed E-state index contributed by atoms with van der Waals surface area (Å²) in [6, 6.07) is 3.99. The average molecular weight is 371 g/mol. The molecule has 1 aliphatic rings. The predicted molar refractivity (Wildman–Crippen MR) is 96.6 cm³/mol. The van der Waals surface area contributed by atoms with Crippen LogP contribution in [0.4, 0.5) is 14.9 Å². The van der Waals surface area contributed by atoms with E-state index >= 15 is 0 Å². The third kappa shape index (κ3) is 4.92. The molecule has 2 N–H and O–H groups in total. The molecule has 8 heteroatoms. The number of nitrogens with one attached hydrogen (secondary N) is 2. The largest absolute Gasteiger partial charge is 0.324 e. The standard InChI is InChI=1S/C17H26FN3O3S/c1-12-11-14(5-6-15(12)18)19-16(22)21-9-7-13(8-10-21)20-25(23,24)17(2,3)4/h5-6,11,13,20H,7-10H2,1-4H3,(H,19,22). The summed E-state index contributed by atoms with van der Waals surface area (Å²) in [5, 5.41) is 2.75. The second-order valence-electron chi connectivity index (χ2n) is 7.39. The minimum Gasteiger partial charge on any atom is -0.324 e. The normalized spacial score (nSPS) is 16.8. The number of aryl methyl sites for hydroxylation is 1. The summed E-state index contributed by atoms with van der Waals surface area (Å²) >= 11 is 0. The van der Waals surface area contributed by atoms with E-state index in [9.17, 15) is 17.6 Å². The number of benzene rings is 1. The maximum Gasteiger partial charge on any atom is 0.321 e. The van der Waals surface area contributed by atoms with Crippen molar-refractivity contribution in [2.75, 3.05) is 18.4 Å². The smallest absolute Gasteiger partial charge is 0.321 e. The van der Waals surface area contributed by atoms with Crippen molar-refractivity contribution in [2.45, 2.75) is 51.3 Å². The highest BCUT2D eigenvalue weighted by Gasteiger charge is 2.33. The Morgan fingerprint density at radius 1 is 1.24 bits per heavy atom. The first-order valence-electron chi connectivity index (χ1n) is 8.33. The Kier molecular flexibility index (Phi) is 5.73. The van der Waals surface area contributed by atoms with Gasteiger partial charge in [0.25, 0.3) is 0 Å². The summed E-state index contributed by atoms with van der Waals surface area (Å²) in [5.74, 6) is -0.315. The van der Waals surface area contributed by atoms with Crippen LogP contribution in [0.15, 0.2) is 18.2 Å². The summed E-state index contributed by atoms with van der Waals surface area (Å²) in [4.78, 5) is 13.9. The van der Waals surface area contributed by atoms with Gasteiger partial charge in [0.05, 0.1) is 4.75 Å². The summed E-state index contributed by atoms with van der Waals surface area (Å²) in [6.07, 6.45) is 1.12. The lowest BCUT2D eigenvalue weighted by Crippen LogP contribution is -2.50. The first kappa shape index (κ1) is 19.7. The second-order valence-corrected chi connectivity index (χ2v) is 9.86. The fourth-order valence-corrected chi connectivity index (χ4v) is 3.55. The number of halogens is 1. The number of carbonyl (C=O) groups excluding carboxylic acids is 1. The van der Waals surface area contributed by atoms with E-state index in [1.807, 2.05) is 0 Å². The number of anilines is 1. The van der Waals surface area contributed by atoms with Gasteiger partial charge in [-0.25, -0.2) is 22.3 Å². The molecule has 1 aromatic carbocycles. The maximum atomic E-state index is 13.3. The number of rotatable bonds is 3. The summed E-state index contributed by atoms with van der Waals surface area (Å²) in [6.45, 7) is 7.53. The third-order valence-electron chi connectivity index (χ3n) is 4.32. The number of carbonyl (C=O) groups is 1. The molecule has 0 unspecified atom stereocenters. The number of hydrogen-bond acceptors (Lipinski definition) is 3. The van der Waals surface area contributed by atoms with Crippen molar-refractivity contribution in [3.63, 3.8) is 0 Å². The number of amides is 2. The minimum absolute atomic E-state index is 0.165. The summed E-state index contributed by atoms with van der Waals surface area (Å²) in [7, 11) is -3.40. The van der Waals surface area contributed by atoms with Gasteiger partial charge in [-0.2, -0.15) is 0 Å². The van der Waals surface area contributed by atoms with Gasteiger partial charge < -0.3 is 10.2 Å². The third-order valence-corrected chi connectivity index (χ3v) is 6.58. The van der Waals surface area contributed by atoms with Crippen LogP contribution in [0.3, 0.4) is 0 Å². The lowest BCUT2D eigenvalue weighted by molar-refractivity contribution is 0.193. The first-order chi connectivity index (χ1) is 11.5. The van der Waals surface area contributed by atoms with Crippen molar-refractivity contribution in [1.82, 2.24) is 9.62 Å². The number of hydrogen-bond donors (Lipinski definition) is 2. The number of sulfonamides is 1. The van der Waals surface area contributed by atoms with Crippen molar-refractivity contribution >= 4 is 21.7 Å². The molecular formula is C17H26FN3O3S. The van der Waals surface area contributed by atoms with Gasteiger partial charge >= 0.3 is 6.03 Å². The Morgan fingerprint density at radius 2 is 1.84 bits per heavy atom. The monoisotopic (exact) mass is 371 g/mol. The molecule has 1 saturated heterocycles. The van der Waals surface area contributed by atoms with Crippen molar-refractivity contribution in [3.05, 3.63) is 29.6 Å². The molecule has 2 rings (SSSR count). The van der Waals surface area contributed by atoms with E-state index in [-0.39, 0.29) is 17.9 Å². The zero-order valence-electron chi connectivity index (χ0n) is 15.1. The fourth-order valence-electron chi connectivity index (χ4n) is 2.52. The zero-order chi connectivity index (χ0) is 18.8. The van der Waals surface area contributed by atoms with Crippen LogP contribution in [0, 0.1) is 12.7 Å². The zero-order valence-corrected chi connectivity index (χ0v) is 15.9. The Labute approximate surface area is 148 Å². The van der Waals surface area contributed by atoms with E-state index in [0.717, 1.165) is 0 Å². The van der Waals surface area contributed by atoms with Gasteiger partial charge in [-0.15, -0.1) is 0 Å². The highest BCUT2D eigenvalue weighted by atomic mass is 32.2.